The predicted molar refractivity (Wildman–Crippen MR) is 163 cm³/mol. The highest BCUT2D eigenvalue weighted by Crippen LogP contribution is 2.56. The molecule has 4 aromatic rings. The molecule has 0 saturated carbocycles. The molecule has 4 aromatic carbocycles. The van der Waals surface area contributed by atoms with Crippen molar-refractivity contribution in [3.05, 3.63) is 105 Å². The zero-order valence-corrected chi connectivity index (χ0v) is 23.0. The first kappa shape index (κ1) is 22.6. The van der Waals surface area contributed by atoms with E-state index in [0.717, 1.165) is 75.3 Å². The number of rotatable bonds is 0. The van der Waals surface area contributed by atoms with E-state index in [1.54, 1.807) is 23.5 Å². The summed E-state index contributed by atoms with van der Waals surface area (Å²) in [7, 11) is 0. The highest BCUT2D eigenvalue weighted by Gasteiger charge is 2.42. The summed E-state index contributed by atoms with van der Waals surface area (Å²) in [4.78, 5) is 31.4. The van der Waals surface area contributed by atoms with E-state index < -0.39 is 0 Å². The summed E-state index contributed by atoms with van der Waals surface area (Å²) < 4.78 is 0. The Morgan fingerprint density at radius 1 is 0.459 bits per heavy atom. The summed E-state index contributed by atoms with van der Waals surface area (Å²) in [6, 6.07) is 24.9. The molecule has 8 rings (SSSR count). The maximum absolute atomic E-state index is 13.7. The Balaban J connectivity index is 1.15. The lowest BCUT2D eigenvalue weighted by atomic mass is 9.92. The van der Waals surface area contributed by atoms with Gasteiger partial charge in [-0.1, -0.05) is 72.8 Å². The van der Waals surface area contributed by atoms with Gasteiger partial charge in [-0.25, -0.2) is 0 Å². The van der Waals surface area contributed by atoms with E-state index >= 15 is 0 Å². The molecule has 0 fully saturated rings. The van der Waals surface area contributed by atoms with Crippen LogP contribution in [-0.4, -0.2) is 34.6 Å². The van der Waals surface area contributed by atoms with Gasteiger partial charge in [-0.15, -0.1) is 47.0 Å². The molecule has 0 N–H and O–H groups in total. The Morgan fingerprint density at radius 3 is 1.22 bits per heavy atom. The summed E-state index contributed by atoms with van der Waals surface area (Å²) in [5.41, 5.74) is 4.06. The molecule has 0 aromatic heterocycles. The van der Waals surface area contributed by atoms with Crippen LogP contribution in [-0.2, 0) is 0 Å². The number of hydrogen-bond acceptors (Lipinski definition) is 6. The molecule has 4 aliphatic rings. The van der Waals surface area contributed by atoms with E-state index in [1.807, 2.05) is 47.8 Å². The topological polar surface area (TPSA) is 34.1 Å². The molecule has 0 atom stereocenters. The van der Waals surface area contributed by atoms with Gasteiger partial charge in [-0.2, -0.15) is 0 Å². The highest BCUT2D eigenvalue weighted by atomic mass is 32.2. The molecule has 0 unspecified atom stereocenters. The second-order valence-corrected chi connectivity index (χ2v) is 14.0. The quantitative estimate of drug-likeness (QED) is 0.218. The van der Waals surface area contributed by atoms with E-state index in [1.165, 1.54) is 11.1 Å². The van der Waals surface area contributed by atoms with Crippen molar-refractivity contribution in [3.63, 3.8) is 0 Å². The van der Waals surface area contributed by atoms with E-state index in [9.17, 15) is 9.59 Å². The van der Waals surface area contributed by atoms with Crippen molar-refractivity contribution in [2.75, 3.05) is 23.0 Å². The number of carbonyl (C=O) groups excluding carboxylic acids is 2. The van der Waals surface area contributed by atoms with Crippen LogP contribution in [0.3, 0.4) is 0 Å². The predicted octanol–water partition coefficient (Wildman–Crippen LogP) is 8.37. The largest absolute Gasteiger partial charge is 0.288 e. The van der Waals surface area contributed by atoms with Crippen molar-refractivity contribution < 1.29 is 9.59 Å². The zero-order chi connectivity index (χ0) is 24.7. The van der Waals surface area contributed by atoms with Crippen molar-refractivity contribution in [1.82, 2.24) is 0 Å². The minimum absolute atomic E-state index is 0.0140. The SMILES string of the molecule is O=C1C2=C(SCC3(CS2)CSC2=C(SC3)c3cccc4cccc(c34)C2=O)c2cccc3cccc1c23. The molecular weight excluding hydrogens is 533 g/mol. The van der Waals surface area contributed by atoms with E-state index in [2.05, 4.69) is 48.5 Å². The van der Waals surface area contributed by atoms with Crippen molar-refractivity contribution in [2.24, 2.45) is 5.41 Å². The van der Waals surface area contributed by atoms with E-state index in [4.69, 9.17) is 0 Å². The molecule has 6 heteroatoms. The Hall–Kier alpha value is -2.38. The number of ketones is 2. The summed E-state index contributed by atoms with van der Waals surface area (Å²) in [5.74, 6) is 3.98. The highest BCUT2D eigenvalue weighted by molar-refractivity contribution is 8.13. The second kappa shape index (κ2) is 8.31. The van der Waals surface area contributed by atoms with Gasteiger partial charge in [-0.05, 0) is 21.9 Å². The van der Waals surface area contributed by atoms with Crippen LogP contribution in [0.4, 0.5) is 0 Å². The third-order valence-electron chi connectivity index (χ3n) is 7.70. The van der Waals surface area contributed by atoms with Gasteiger partial charge in [0, 0.05) is 60.1 Å². The van der Waals surface area contributed by atoms with Gasteiger partial charge < -0.3 is 0 Å². The lowest BCUT2D eigenvalue weighted by Gasteiger charge is -2.29. The van der Waals surface area contributed by atoms with Gasteiger partial charge >= 0.3 is 0 Å². The van der Waals surface area contributed by atoms with E-state index in [-0.39, 0.29) is 17.0 Å². The minimum Gasteiger partial charge on any atom is -0.288 e. The number of thioether (sulfide) groups is 4. The third-order valence-corrected chi connectivity index (χ3v) is 13.8. The molecule has 2 nitrogen and oxygen atoms in total. The molecule has 0 amide bonds. The molecule has 2 heterocycles. The van der Waals surface area contributed by atoms with Crippen LogP contribution < -0.4 is 0 Å². The maximum Gasteiger partial charge on any atom is 0.201 e. The smallest absolute Gasteiger partial charge is 0.201 e. The molecule has 2 aliphatic heterocycles. The Labute approximate surface area is 231 Å². The Kier molecular flexibility index (Phi) is 5.07. The molecule has 180 valence electrons. The molecule has 2 aliphatic carbocycles. The summed E-state index contributed by atoms with van der Waals surface area (Å²) >= 11 is 7.16. The average Bonchev–Trinajstić information content (AvgIpc) is 3.25. The van der Waals surface area contributed by atoms with Crippen molar-refractivity contribution in [1.29, 1.82) is 0 Å². The Morgan fingerprint density at radius 2 is 0.811 bits per heavy atom. The van der Waals surface area contributed by atoms with Crippen LogP contribution >= 0.6 is 47.0 Å². The molecule has 0 radical (unpaired) electrons. The van der Waals surface area contributed by atoms with Gasteiger partial charge in [0.25, 0.3) is 0 Å². The number of hydrogen-bond donors (Lipinski definition) is 0. The number of benzene rings is 4. The first-order valence-corrected chi connectivity index (χ1v) is 16.2. The first-order chi connectivity index (χ1) is 18.1. The Bertz CT molecular complexity index is 1640. The number of carbonyl (C=O) groups is 2. The minimum atomic E-state index is 0.0140. The van der Waals surface area contributed by atoms with Crippen LogP contribution in [0.5, 0.6) is 0 Å². The van der Waals surface area contributed by atoms with Crippen LogP contribution in [0, 0.1) is 5.41 Å². The van der Waals surface area contributed by atoms with Crippen molar-refractivity contribution in [3.8, 4) is 0 Å². The molecule has 0 bridgehead atoms. The fourth-order valence-electron chi connectivity index (χ4n) is 5.83. The molecule has 1 spiro atoms. The van der Waals surface area contributed by atoms with Gasteiger partial charge in [0.2, 0.25) is 11.6 Å². The molecule has 0 saturated heterocycles. The number of Topliss-reactive ketones (excluding diaryl/α,β-unsaturated/α-hetero) is 2. The number of fused-ring (bicyclic) bond motifs is 2. The maximum atomic E-state index is 13.7. The van der Waals surface area contributed by atoms with Gasteiger partial charge in [0.1, 0.15) is 0 Å². The van der Waals surface area contributed by atoms with Crippen LogP contribution in [0.1, 0.15) is 31.8 Å². The lowest BCUT2D eigenvalue weighted by Crippen LogP contribution is -2.32. The normalized spacial score (nSPS) is 20.2. The van der Waals surface area contributed by atoms with Crippen LogP contribution in [0.2, 0.25) is 0 Å². The summed E-state index contributed by atoms with van der Waals surface area (Å²) in [6.45, 7) is 0. The first-order valence-electron chi connectivity index (χ1n) is 12.3. The van der Waals surface area contributed by atoms with Crippen molar-refractivity contribution >= 4 is 90.0 Å². The number of allylic oxidation sites excluding steroid dienone is 2. The van der Waals surface area contributed by atoms with Gasteiger partial charge in [0.15, 0.2) is 0 Å². The third kappa shape index (κ3) is 3.26. The standard InChI is InChI=1S/C31H20O2S4/c32-25-19-9-1-5-17-7-3-11-21(23(17)19)27-29(25)36-15-31(13-34-27)14-35-28-22-12-4-8-18-6-2-10-20(24(18)22)26(33)30(28)37-16-31/h1-12H,13-16H2. The van der Waals surface area contributed by atoms with Gasteiger partial charge in [0.05, 0.1) is 9.81 Å². The molecule has 37 heavy (non-hydrogen) atoms. The van der Waals surface area contributed by atoms with E-state index in [0.29, 0.717) is 0 Å². The zero-order valence-electron chi connectivity index (χ0n) is 19.7. The average molecular weight is 553 g/mol. The van der Waals surface area contributed by atoms with Crippen LogP contribution in [0.15, 0.2) is 82.6 Å². The fraction of sp³-hybridized carbons (Fsp3) is 0.161. The molecular formula is C31H20O2S4. The van der Waals surface area contributed by atoms with Crippen LogP contribution in [0.25, 0.3) is 31.4 Å². The lowest BCUT2D eigenvalue weighted by molar-refractivity contribution is 0.103. The van der Waals surface area contributed by atoms with Gasteiger partial charge in [-0.3, -0.25) is 9.59 Å². The summed E-state index contributed by atoms with van der Waals surface area (Å²) in [5, 5.41) is 4.44. The monoisotopic (exact) mass is 552 g/mol. The fourth-order valence-corrected chi connectivity index (χ4v) is 12.4. The second-order valence-electron chi connectivity index (χ2n) is 10.0. The van der Waals surface area contributed by atoms with Crippen molar-refractivity contribution in [2.45, 2.75) is 0 Å². The summed E-state index contributed by atoms with van der Waals surface area (Å²) in [6.07, 6.45) is 0.